The molecule has 2 aliphatic heterocycles. The van der Waals surface area contributed by atoms with E-state index >= 15 is 0 Å². The maximum atomic E-state index is 13.7. The highest BCUT2D eigenvalue weighted by Gasteiger charge is 2.44. The molecule has 3 heterocycles. The third-order valence-corrected chi connectivity index (χ3v) is 9.03. The largest absolute Gasteiger partial charge is 0.597 e. The van der Waals surface area contributed by atoms with Crippen LogP contribution in [0, 0.1) is 11.8 Å². The topological polar surface area (TPSA) is 110 Å². The van der Waals surface area contributed by atoms with Gasteiger partial charge in [0.1, 0.15) is 10.4 Å². The smallest absolute Gasteiger partial charge is 0.270 e. The van der Waals surface area contributed by atoms with Gasteiger partial charge < -0.3 is 24.4 Å². The minimum atomic E-state index is -1.35. The average Bonchev–Trinajstić information content (AvgIpc) is 3.59. The van der Waals surface area contributed by atoms with Gasteiger partial charge in [0.05, 0.1) is 24.8 Å². The molecule has 1 unspecified atom stereocenters. The number of nitrogens with zero attached hydrogens (tertiary/aromatic N) is 3. The first-order chi connectivity index (χ1) is 20.5. The number of rotatable bonds is 8. The minimum Gasteiger partial charge on any atom is -0.597 e. The monoisotopic (exact) mass is 602 g/mol. The van der Waals surface area contributed by atoms with Gasteiger partial charge in [-0.25, -0.2) is 4.98 Å². The minimum absolute atomic E-state index is 0.0742. The lowest BCUT2D eigenvalue weighted by Gasteiger charge is -2.33. The summed E-state index contributed by atoms with van der Waals surface area (Å²) in [5.74, 6) is 7.40. The third-order valence-electron chi connectivity index (χ3n) is 7.18. The SMILES string of the molecule is CN(C)CC#Cc1cccc(-c2nc(C(=O)NCc3ccc4c(c3)OCO4)cc3c2C(CCO)N([S@@+]([O-])C(C)(C)C)C3)c1. The van der Waals surface area contributed by atoms with Gasteiger partial charge in [0.25, 0.3) is 5.91 Å². The summed E-state index contributed by atoms with van der Waals surface area (Å²) in [4.78, 5) is 20.4. The van der Waals surface area contributed by atoms with E-state index < -0.39 is 16.1 Å². The predicted octanol–water partition coefficient (Wildman–Crippen LogP) is 4.02. The molecule has 0 radical (unpaired) electrons. The van der Waals surface area contributed by atoms with Gasteiger partial charge in [0.2, 0.25) is 6.79 Å². The van der Waals surface area contributed by atoms with Gasteiger partial charge in [-0.1, -0.05) is 30.0 Å². The number of fused-ring (bicyclic) bond motifs is 2. The summed E-state index contributed by atoms with van der Waals surface area (Å²) in [6.07, 6.45) is 0.390. The molecule has 0 aliphatic carbocycles. The van der Waals surface area contributed by atoms with Crippen molar-refractivity contribution >= 4 is 17.3 Å². The molecule has 0 bridgehead atoms. The Hall–Kier alpha value is -3.59. The highest BCUT2D eigenvalue weighted by atomic mass is 32.2. The second kappa shape index (κ2) is 13.0. The average molecular weight is 603 g/mol. The fourth-order valence-electron chi connectivity index (χ4n) is 5.17. The van der Waals surface area contributed by atoms with Gasteiger partial charge >= 0.3 is 0 Å². The number of amides is 1. The molecule has 0 fully saturated rings. The van der Waals surface area contributed by atoms with Gasteiger partial charge in [0, 0.05) is 41.2 Å². The first-order valence-corrected chi connectivity index (χ1v) is 15.4. The summed E-state index contributed by atoms with van der Waals surface area (Å²) in [6.45, 7) is 7.21. The lowest BCUT2D eigenvalue weighted by atomic mass is 9.95. The number of aromatic nitrogens is 1. The Kier molecular flexibility index (Phi) is 9.30. The Morgan fingerprint density at radius 1 is 1.19 bits per heavy atom. The molecule has 43 heavy (non-hydrogen) atoms. The maximum absolute atomic E-state index is 13.7. The molecule has 2 aromatic carbocycles. The van der Waals surface area contributed by atoms with Gasteiger partial charge in [-0.15, -0.1) is 4.31 Å². The number of nitrogens with one attached hydrogen (secondary N) is 1. The number of carbonyl (C=O) groups is 1. The van der Waals surface area contributed by atoms with Gasteiger partial charge in [-0.05, 0) is 82.7 Å². The molecule has 9 nitrogen and oxygen atoms in total. The van der Waals surface area contributed by atoms with E-state index in [9.17, 15) is 14.5 Å². The van der Waals surface area contributed by atoms with Crippen LogP contribution in [0.15, 0.2) is 48.5 Å². The molecule has 2 atom stereocenters. The van der Waals surface area contributed by atoms with Gasteiger partial charge in [-0.2, -0.15) is 0 Å². The Balaban J connectivity index is 1.53. The van der Waals surface area contributed by atoms with E-state index in [1.165, 1.54) is 0 Å². The molecule has 5 rings (SSSR count). The van der Waals surface area contributed by atoms with Crippen molar-refractivity contribution in [1.29, 1.82) is 0 Å². The molecular weight excluding hydrogens is 564 g/mol. The van der Waals surface area contributed by atoms with Crippen LogP contribution >= 0.6 is 0 Å². The molecule has 0 saturated carbocycles. The van der Waals surface area contributed by atoms with Crippen LogP contribution in [0.25, 0.3) is 11.3 Å². The molecular formula is C33H38N4O5S. The Labute approximate surface area is 256 Å². The van der Waals surface area contributed by atoms with Crippen LogP contribution in [0.3, 0.4) is 0 Å². The van der Waals surface area contributed by atoms with Crippen molar-refractivity contribution in [3.8, 4) is 34.6 Å². The molecule has 226 valence electrons. The Morgan fingerprint density at radius 2 is 1.98 bits per heavy atom. The van der Waals surface area contributed by atoms with Crippen LogP contribution in [0.4, 0.5) is 0 Å². The Morgan fingerprint density at radius 3 is 2.72 bits per heavy atom. The van der Waals surface area contributed by atoms with Crippen molar-refractivity contribution in [3.05, 3.63) is 76.5 Å². The molecule has 0 saturated heterocycles. The summed E-state index contributed by atoms with van der Waals surface area (Å²) >= 11 is -1.35. The molecule has 0 spiro atoms. The number of aliphatic hydroxyl groups is 1. The van der Waals surface area contributed by atoms with Crippen molar-refractivity contribution in [1.82, 2.24) is 19.5 Å². The zero-order valence-corrected chi connectivity index (χ0v) is 26.1. The maximum Gasteiger partial charge on any atom is 0.270 e. The summed E-state index contributed by atoms with van der Waals surface area (Å²) in [6, 6.07) is 14.8. The zero-order valence-electron chi connectivity index (χ0n) is 25.3. The van der Waals surface area contributed by atoms with E-state index in [1.54, 1.807) is 6.07 Å². The highest BCUT2D eigenvalue weighted by Crippen LogP contribution is 2.45. The molecule has 1 aromatic heterocycles. The van der Waals surface area contributed by atoms with Crippen LogP contribution in [0.5, 0.6) is 11.5 Å². The van der Waals surface area contributed by atoms with Crippen molar-refractivity contribution in [2.45, 2.75) is 51.1 Å². The fourth-order valence-corrected chi connectivity index (χ4v) is 6.58. The van der Waals surface area contributed by atoms with E-state index in [1.807, 2.05) is 86.5 Å². The lowest BCUT2D eigenvalue weighted by molar-refractivity contribution is 0.0945. The van der Waals surface area contributed by atoms with Gasteiger partial charge in [-0.3, -0.25) is 9.69 Å². The molecule has 1 amide bonds. The molecule has 10 heteroatoms. The van der Waals surface area contributed by atoms with E-state index in [2.05, 4.69) is 17.2 Å². The summed E-state index contributed by atoms with van der Waals surface area (Å²) in [5.41, 5.74) is 5.18. The van der Waals surface area contributed by atoms with Crippen molar-refractivity contribution < 1.29 is 23.9 Å². The van der Waals surface area contributed by atoms with Crippen LogP contribution in [0.1, 0.15) is 66.0 Å². The highest BCUT2D eigenvalue weighted by molar-refractivity contribution is 7.90. The first-order valence-electron chi connectivity index (χ1n) is 14.3. The second-order valence-electron chi connectivity index (χ2n) is 11.9. The van der Waals surface area contributed by atoms with Crippen LogP contribution in [-0.2, 0) is 24.5 Å². The van der Waals surface area contributed by atoms with Gasteiger partial charge in [0.15, 0.2) is 11.5 Å². The zero-order chi connectivity index (χ0) is 30.7. The molecule has 2 N–H and O–H groups in total. The van der Waals surface area contributed by atoms with Crippen molar-refractivity contribution in [2.24, 2.45) is 0 Å². The number of benzene rings is 2. The molecule has 2 aliphatic rings. The third kappa shape index (κ3) is 6.98. The van der Waals surface area contributed by atoms with E-state index in [0.29, 0.717) is 36.7 Å². The van der Waals surface area contributed by atoms with Crippen LogP contribution in [-0.4, -0.2) is 68.5 Å². The first kappa shape index (κ1) is 30.9. The summed E-state index contributed by atoms with van der Waals surface area (Å²) in [5, 5.41) is 13.0. The predicted molar refractivity (Wildman–Crippen MR) is 167 cm³/mol. The second-order valence-corrected chi connectivity index (χ2v) is 14.1. The standard InChI is InChI=1S/C33H38N4O5S/c1-33(2,3)43(40)37-20-25-18-26(32(39)34-19-23-11-12-28-29(17-23)42-21-41-28)35-31(30(25)27(37)13-15-38)24-10-6-8-22(16-24)9-7-14-36(4)5/h6,8,10-12,16-18,27,38H,13-15,19-21H2,1-5H3,(H,34,39)/t27?,43-/m0/s1. The number of carbonyl (C=O) groups excluding carboxylic acids is 1. The van der Waals surface area contributed by atoms with Crippen LogP contribution < -0.4 is 14.8 Å². The van der Waals surface area contributed by atoms with E-state index in [-0.39, 0.29) is 37.6 Å². The number of aliphatic hydroxyl groups excluding tert-OH is 1. The number of hydrogen-bond acceptors (Lipinski definition) is 8. The summed E-state index contributed by atoms with van der Waals surface area (Å²) < 4.78 is 25.9. The van der Waals surface area contributed by atoms with E-state index in [4.69, 9.17) is 14.5 Å². The quantitative estimate of drug-likeness (QED) is 0.294. The number of pyridine rings is 1. The summed E-state index contributed by atoms with van der Waals surface area (Å²) in [7, 11) is 3.94. The van der Waals surface area contributed by atoms with Crippen molar-refractivity contribution in [2.75, 3.05) is 34.0 Å². The van der Waals surface area contributed by atoms with Crippen molar-refractivity contribution in [3.63, 3.8) is 0 Å². The molecule has 3 aromatic rings. The van der Waals surface area contributed by atoms with E-state index in [0.717, 1.165) is 27.8 Å². The number of ether oxygens (including phenoxy) is 2. The Bertz CT molecular complexity index is 1560. The van der Waals surface area contributed by atoms with Crippen LogP contribution in [0.2, 0.25) is 0 Å². The fraction of sp³-hybridized carbons (Fsp3) is 0.394. The normalized spacial score (nSPS) is 16.5. The lowest BCUT2D eigenvalue weighted by Crippen LogP contribution is -2.42. The number of hydrogen-bond donors (Lipinski definition) is 2.